The second-order valence-electron chi connectivity index (χ2n) is 5.49. The molecule has 0 aromatic carbocycles. The molecule has 0 aliphatic carbocycles. The lowest BCUT2D eigenvalue weighted by molar-refractivity contribution is -0.127. The molecule has 0 radical (unpaired) electrons. The highest BCUT2D eigenvalue weighted by Gasteiger charge is 2.30. The molecule has 1 unspecified atom stereocenters. The van der Waals surface area contributed by atoms with E-state index in [1.54, 1.807) is 0 Å². The number of nitrogens with zero attached hydrogens (tertiary/aromatic N) is 1. The van der Waals surface area contributed by atoms with Crippen LogP contribution in [-0.4, -0.2) is 32.0 Å². The Morgan fingerprint density at radius 3 is 2.57 bits per heavy atom. The van der Waals surface area contributed by atoms with E-state index in [4.69, 9.17) is 0 Å². The van der Waals surface area contributed by atoms with Crippen LogP contribution in [0.2, 0.25) is 25.7 Å². The summed E-state index contributed by atoms with van der Waals surface area (Å²) in [6.45, 7) is 7.15. The minimum absolute atomic E-state index is 0.316. The van der Waals surface area contributed by atoms with Crippen molar-refractivity contribution >= 4 is 14.0 Å². The van der Waals surface area contributed by atoms with E-state index in [1.807, 2.05) is 11.9 Å². The third-order valence-electron chi connectivity index (χ3n) is 2.83. The molecule has 0 aromatic rings. The number of likely N-dealkylation sites (tertiary alicyclic amines) is 1. The molecule has 0 bridgehead atoms. The van der Waals surface area contributed by atoms with Crippen LogP contribution in [0.4, 0.5) is 0 Å². The van der Waals surface area contributed by atoms with E-state index in [1.165, 1.54) is 6.04 Å². The number of hydrogen-bond donors (Lipinski definition) is 0. The largest absolute Gasteiger partial charge is 0.338 e. The average Bonchev–Trinajstić information content (AvgIpc) is 2.33. The molecule has 1 heterocycles. The van der Waals surface area contributed by atoms with Gasteiger partial charge in [0.2, 0.25) is 5.91 Å². The van der Waals surface area contributed by atoms with E-state index < -0.39 is 8.07 Å². The fourth-order valence-corrected chi connectivity index (χ4v) is 2.88. The number of rotatable bonds is 4. The van der Waals surface area contributed by atoms with E-state index in [9.17, 15) is 4.79 Å². The maximum Gasteiger partial charge on any atom is 0.222 e. The van der Waals surface area contributed by atoms with Gasteiger partial charge in [0, 0.05) is 13.5 Å². The second kappa shape index (κ2) is 4.38. The quantitative estimate of drug-likeness (QED) is 0.518. The molecule has 0 saturated carbocycles. The van der Waals surface area contributed by atoms with Gasteiger partial charge >= 0.3 is 0 Å². The minimum atomic E-state index is -0.927. The number of carbonyl (C=O) groups is 1. The monoisotopic (exact) mass is 212 g/mol. The van der Waals surface area contributed by atoms with Gasteiger partial charge in [-0.3, -0.25) is 4.79 Å². The molecule has 0 N–H and O–H groups in total. The van der Waals surface area contributed by atoms with Crippen LogP contribution in [-0.2, 0) is 4.79 Å². The summed E-state index contributed by atoms with van der Waals surface area (Å²) in [5, 5.41) is 0. The highest BCUT2D eigenvalue weighted by molar-refractivity contribution is 6.76. The van der Waals surface area contributed by atoms with Crippen molar-refractivity contribution in [2.45, 2.75) is 51.0 Å². The molecule has 14 heavy (non-hydrogen) atoms. The Hall–Kier alpha value is -0.443. The first-order valence-electron chi connectivity index (χ1n) is 5.47. The standard InChI is InChI=1S/C11H22NOSi/c1-12-10(7-8-11(12)13)6-5-9-14(2,3)4/h5,10H,6-9H2,1-4H3/q+1. The predicted octanol–water partition coefficient (Wildman–Crippen LogP) is 2.54. The van der Waals surface area contributed by atoms with Gasteiger partial charge in [0.1, 0.15) is 6.42 Å². The lowest BCUT2D eigenvalue weighted by Gasteiger charge is -2.17. The Kier molecular flexibility index (Phi) is 3.64. The highest BCUT2D eigenvalue weighted by Crippen LogP contribution is 2.22. The van der Waals surface area contributed by atoms with Gasteiger partial charge in [-0.15, -0.1) is 0 Å². The van der Waals surface area contributed by atoms with Gasteiger partial charge in [-0.05, 0) is 6.42 Å². The lowest BCUT2D eigenvalue weighted by Crippen LogP contribution is -2.29. The molecule has 1 amide bonds. The van der Waals surface area contributed by atoms with E-state index >= 15 is 0 Å². The van der Waals surface area contributed by atoms with Crippen LogP contribution < -0.4 is 0 Å². The molecular formula is C11H22NOSi+. The van der Waals surface area contributed by atoms with E-state index in [-0.39, 0.29) is 0 Å². The Morgan fingerprint density at radius 2 is 2.14 bits per heavy atom. The van der Waals surface area contributed by atoms with Crippen molar-refractivity contribution in [3.63, 3.8) is 0 Å². The zero-order valence-corrected chi connectivity index (χ0v) is 10.8. The minimum Gasteiger partial charge on any atom is -0.338 e. The molecule has 1 aliphatic heterocycles. The third-order valence-corrected chi connectivity index (χ3v) is 4.34. The maximum atomic E-state index is 11.3. The summed E-state index contributed by atoms with van der Waals surface area (Å²) < 4.78 is 0. The highest BCUT2D eigenvalue weighted by atomic mass is 28.3. The van der Waals surface area contributed by atoms with Gasteiger partial charge < -0.3 is 4.90 Å². The fraction of sp³-hybridized carbons (Fsp3) is 0.818. The molecule has 1 atom stereocenters. The predicted molar refractivity (Wildman–Crippen MR) is 62.9 cm³/mol. The molecule has 80 valence electrons. The topological polar surface area (TPSA) is 20.3 Å². The summed E-state index contributed by atoms with van der Waals surface area (Å²) in [5.74, 6) is 0.316. The van der Waals surface area contributed by atoms with Crippen LogP contribution in [0.5, 0.6) is 0 Å². The van der Waals surface area contributed by atoms with Gasteiger partial charge in [0.05, 0.1) is 26.6 Å². The Bertz CT molecular complexity index is 210. The Labute approximate surface area is 88.7 Å². The normalized spacial score (nSPS) is 23.0. The summed E-state index contributed by atoms with van der Waals surface area (Å²) in [5.41, 5.74) is 0. The van der Waals surface area contributed by atoms with Gasteiger partial charge in [-0.2, -0.15) is 0 Å². The first-order chi connectivity index (χ1) is 6.40. The Morgan fingerprint density at radius 1 is 1.50 bits per heavy atom. The Balaban J connectivity index is 2.23. The molecule has 1 saturated heterocycles. The van der Waals surface area contributed by atoms with E-state index in [0.29, 0.717) is 11.9 Å². The molecular weight excluding hydrogens is 190 g/mol. The van der Waals surface area contributed by atoms with E-state index in [2.05, 4.69) is 26.1 Å². The summed E-state index contributed by atoms with van der Waals surface area (Å²) in [6, 6.07) is 1.75. The number of amides is 1. The van der Waals surface area contributed by atoms with Crippen LogP contribution in [0.1, 0.15) is 19.3 Å². The van der Waals surface area contributed by atoms with Crippen molar-refractivity contribution in [3.8, 4) is 0 Å². The first-order valence-corrected chi connectivity index (χ1v) is 9.18. The van der Waals surface area contributed by atoms with Gasteiger partial charge in [0.25, 0.3) is 0 Å². The van der Waals surface area contributed by atoms with Crippen molar-refractivity contribution in [2.75, 3.05) is 7.05 Å². The number of carbonyl (C=O) groups excluding carboxylic acids is 1. The van der Waals surface area contributed by atoms with Crippen LogP contribution >= 0.6 is 0 Å². The van der Waals surface area contributed by atoms with Crippen molar-refractivity contribution in [1.29, 1.82) is 0 Å². The summed E-state index contributed by atoms with van der Waals surface area (Å²) in [4.78, 5) is 13.2. The van der Waals surface area contributed by atoms with Crippen molar-refractivity contribution in [3.05, 3.63) is 6.42 Å². The van der Waals surface area contributed by atoms with Gasteiger partial charge in [-0.25, -0.2) is 0 Å². The molecule has 1 fully saturated rings. The van der Waals surface area contributed by atoms with E-state index in [0.717, 1.165) is 19.3 Å². The van der Waals surface area contributed by atoms with Crippen molar-refractivity contribution in [1.82, 2.24) is 4.90 Å². The van der Waals surface area contributed by atoms with Crippen molar-refractivity contribution < 1.29 is 4.79 Å². The summed E-state index contributed by atoms with van der Waals surface area (Å²) in [6.07, 6.45) is 5.29. The lowest BCUT2D eigenvalue weighted by atomic mass is 10.1. The molecule has 1 aliphatic rings. The number of hydrogen-bond acceptors (Lipinski definition) is 1. The summed E-state index contributed by atoms with van der Waals surface area (Å²) >= 11 is 0. The average molecular weight is 212 g/mol. The zero-order chi connectivity index (χ0) is 10.8. The molecule has 0 aromatic heterocycles. The first kappa shape index (κ1) is 11.6. The summed E-state index contributed by atoms with van der Waals surface area (Å²) in [7, 11) is 1.01. The van der Waals surface area contributed by atoms with Crippen LogP contribution in [0.25, 0.3) is 0 Å². The molecule has 2 nitrogen and oxygen atoms in total. The fourth-order valence-electron chi connectivity index (χ4n) is 1.85. The SMILES string of the molecule is CN1C(=O)CCC1C[CH+]C[Si](C)(C)C. The maximum absolute atomic E-state index is 11.3. The van der Waals surface area contributed by atoms with Crippen LogP contribution in [0.3, 0.4) is 0 Å². The molecule has 1 rings (SSSR count). The third kappa shape index (κ3) is 3.37. The van der Waals surface area contributed by atoms with Gasteiger partial charge in [0.15, 0.2) is 0 Å². The van der Waals surface area contributed by atoms with Crippen LogP contribution in [0, 0.1) is 6.42 Å². The molecule has 0 spiro atoms. The smallest absolute Gasteiger partial charge is 0.222 e. The second-order valence-corrected chi connectivity index (χ2v) is 11.0. The van der Waals surface area contributed by atoms with Gasteiger partial charge in [-0.1, -0.05) is 19.6 Å². The molecule has 3 heteroatoms. The van der Waals surface area contributed by atoms with Crippen molar-refractivity contribution in [2.24, 2.45) is 0 Å². The zero-order valence-electron chi connectivity index (χ0n) is 9.84. The van der Waals surface area contributed by atoms with Crippen LogP contribution in [0.15, 0.2) is 0 Å².